The number of carbonyl (C=O) groups is 1. The largest absolute Gasteiger partial charge is 0.318 e. The topological polar surface area (TPSA) is 68.2 Å². The third-order valence-corrected chi connectivity index (χ3v) is 6.67. The molecule has 8 heteroatoms. The SMILES string of the molecule is Cc1c(Cl)cccc1S(=O)(=O)NC(=O)c1cc(-n2c(C)ccc2C)ccc1Cl. The van der Waals surface area contributed by atoms with Gasteiger partial charge in [0.1, 0.15) is 0 Å². The van der Waals surface area contributed by atoms with Gasteiger partial charge in [-0.3, -0.25) is 4.79 Å². The van der Waals surface area contributed by atoms with Crippen molar-refractivity contribution in [2.45, 2.75) is 25.7 Å². The van der Waals surface area contributed by atoms with E-state index in [9.17, 15) is 13.2 Å². The van der Waals surface area contributed by atoms with Crippen LogP contribution in [0.1, 0.15) is 27.3 Å². The first kappa shape index (κ1) is 20.5. The maximum atomic E-state index is 12.7. The van der Waals surface area contributed by atoms with Gasteiger partial charge in [0.2, 0.25) is 0 Å². The summed E-state index contributed by atoms with van der Waals surface area (Å²) in [5.41, 5.74) is 3.10. The highest BCUT2D eigenvalue weighted by molar-refractivity contribution is 7.90. The Morgan fingerprint density at radius 2 is 1.57 bits per heavy atom. The zero-order valence-electron chi connectivity index (χ0n) is 15.5. The highest BCUT2D eigenvalue weighted by Gasteiger charge is 2.23. The van der Waals surface area contributed by atoms with E-state index >= 15 is 0 Å². The summed E-state index contributed by atoms with van der Waals surface area (Å²) in [6.45, 7) is 5.45. The minimum atomic E-state index is -4.11. The molecular weight excluding hydrogens is 419 g/mol. The van der Waals surface area contributed by atoms with E-state index < -0.39 is 15.9 Å². The molecule has 146 valence electrons. The van der Waals surface area contributed by atoms with Gasteiger partial charge < -0.3 is 4.57 Å². The molecule has 0 aliphatic rings. The van der Waals surface area contributed by atoms with Crippen molar-refractivity contribution in [3.8, 4) is 5.69 Å². The van der Waals surface area contributed by atoms with Crippen molar-refractivity contribution in [1.29, 1.82) is 0 Å². The normalized spacial score (nSPS) is 11.5. The van der Waals surface area contributed by atoms with E-state index in [4.69, 9.17) is 23.2 Å². The van der Waals surface area contributed by atoms with Gasteiger partial charge in [0.05, 0.1) is 15.5 Å². The number of sulfonamides is 1. The van der Waals surface area contributed by atoms with E-state index in [1.54, 1.807) is 31.2 Å². The number of halogens is 2. The molecule has 1 heterocycles. The predicted molar refractivity (Wildman–Crippen MR) is 111 cm³/mol. The van der Waals surface area contributed by atoms with Crippen LogP contribution in [0, 0.1) is 20.8 Å². The molecule has 3 aromatic rings. The number of aromatic nitrogens is 1. The van der Waals surface area contributed by atoms with Crippen LogP contribution in [0.2, 0.25) is 10.0 Å². The number of rotatable bonds is 4. The van der Waals surface area contributed by atoms with Gasteiger partial charge in [0.25, 0.3) is 15.9 Å². The fourth-order valence-electron chi connectivity index (χ4n) is 3.01. The number of aryl methyl sites for hydroxylation is 2. The van der Waals surface area contributed by atoms with Gasteiger partial charge in [0, 0.05) is 22.1 Å². The van der Waals surface area contributed by atoms with Crippen molar-refractivity contribution in [2.24, 2.45) is 0 Å². The van der Waals surface area contributed by atoms with Crippen molar-refractivity contribution in [3.63, 3.8) is 0 Å². The molecule has 0 atom stereocenters. The molecule has 1 amide bonds. The molecule has 0 spiro atoms. The molecule has 0 saturated heterocycles. The summed E-state index contributed by atoms with van der Waals surface area (Å²) in [5, 5.41) is 0.454. The Labute approximate surface area is 174 Å². The average Bonchev–Trinajstić information content (AvgIpc) is 2.96. The van der Waals surface area contributed by atoms with Gasteiger partial charge >= 0.3 is 0 Å². The molecular formula is C20H18Cl2N2O3S. The van der Waals surface area contributed by atoms with Crippen LogP contribution in [-0.2, 0) is 10.0 Å². The fraction of sp³-hybridized carbons (Fsp3) is 0.150. The van der Waals surface area contributed by atoms with Crippen LogP contribution in [0.15, 0.2) is 53.4 Å². The third-order valence-electron chi connectivity index (χ3n) is 4.46. The summed E-state index contributed by atoms with van der Waals surface area (Å²) in [6.07, 6.45) is 0. The molecule has 1 aromatic heterocycles. The first-order valence-corrected chi connectivity index (χ1v) is 10.6. The lowest BCUT2D eigenvalue weighted by molar-refractivity contribution is 0.0981. The zero-order valence-corrected chi connectivity index (χ0v) is 17.8. The molecule has 3 rings (SSSR count). The van der Waals surface area contributed by atoms with E-state index in [0.29, 0.717) is 16.3 Å². The molecule has 0 bridgehead atoms. The number of nitrogens with zero attached hydrogens (tertiary/aromatic N) is 1. The summed E-state index contributed by atoms with van der Waals surface area (Å²) in [5.74, 6) is -0.811. The number of hydrogen-bond donors (Lipinski definition) is 1. The number of hydrogen-bond acceptors (Lipinski definition) is 3. The molecule has 1 N–H and O–H groups in total. The molecule has 28 heavy (non-hydrogen) atoms. The van der Waals surface area contributed by atoms with Gasteiger partial charge in [-0.1, -0.05) is 29.3 Å². The Morgan fingerprint density at radius 3 is 2.21 bits per heavy atom. The monoisotopic (exact) mass is 436 g/mol. The van der Waals surface area contributed by atoms with Crippen LogP contribution in [0.3, 0.4) is 0 Å². The average molecular weight is 437 g/mol. The van der Waals surface area contributed by atoms with Gasteiger partial charge in [-0.2, -0.15) is 0 Å². The minimum Gasteiger partial charge on any atom is -0.318 e. The second-order valence-electron chi connectivity index (χ2n) is 6.41. The predicted octanol–water partition coefficient (Wildman–Crippen LogP) is 4.83. The first-order valence-electron chi connectivity index (χ1n) is 8.39. The quantitative estimate of drug-likeness (QED) is 0.636. The van der Waals surface area contributed by atoms with Crippen molar-refractivity contribution in [3.05, 3.63) is 81.1 Å². The maximum absolute atomic E-state index is 12.7. The third kappa shape index (κ3) is 3.81. The lowest BCUT2D eigenvalue weighted by Gasteiger charge is -2.14. The summed E-state index contributed by atoms with van der Waals surface area (Å²) >= 11 is 12.2. The van der Waals surface area contributed by atoms with Gasteiger partial charge in [-0.25, -0.2) is 13.1 Å². The number of benzene rings is 2. The maximum Gasteiger partial charge on any atom is 0.266 e. The van der Waals surface area contributed by atoms with E-state index in [1.807, 2.05) is 30.5 Å². The molecule has 0 unspecified atom stereocenters. The first-order chi connectivity index (χ1) is 13.1. The zero-order chi connectivity index (χ0) is 20.6. The van der Waals surface area contributed by atoms with E-state index in [2.05, 4.69) is 4.72 Å². The minimum absolute atomic E-state index is 0.0577. The van der Waals surface area contributed by atoms with Crippen LogP contribution >= 0.6 is 23.2 Å². The lowest BCUT2D eigenvalue weighted by Crippen LogP contribution is -2.31. The van der Waals surface area contributed by atoms with E-state index in [1.165, 1.54) is 12.1 Å². The smallest absolute Gasteiger partial charge is 0.266 e. The lowest BCUT2D eigenvalue weighted by atomic mass is 10.2. The second kappa shape index (κ2) is 7.62. The van der Waals surface area contributed by atoms with Crippen molar-refractivity contribution in [1.82, 2.24) is 9.29 Å². The number of amides is 1. The highest BCUT2D eigenvalue weighted by atomic mass is 35.5. The van der Waals surface area contributed by atoms with Crippen molar-refractivity contribution >= 4 is 39.1 Å². The summed E-state index contributed by atoms with van der Waals surface area (Å²) in [4.78, 5) is 12.7. The standard InChI is InChI=1S/C20H18Cl2N2O3S/c1-12-7-8-13(2)24(12)15-9-10-18(22)16(11-15)20(25)23-28(26,27)19-6-4-5-17(21)14(19)3/h4-11H,1-3H3,(H,23,25). The second-order valence-corrected chi connectivity index (χ2v) is 8.88. The van der Waals surface area contributed by atoms with E-state index in [0.717, 1.165) is 11.4 Å². The molecule has 0 aliphatic carbocycles. The van der Waals surface area contributed by atoms with Crippen LogP contribution < -0.4 is 4.72 Å². The van der Waals surface area contributed by atoms with Gasteiger partial charge in [-0.05, 0) is 68.8 Å². The Morgan fingerprint density at radius 1 is 0.929 bits per heavy atom. The summed E-state index contributed by atoms with van der Waals surface area (Å²) in [7, 11) is -4.11. The Bertz CT molecular complexity index is 1160. The van der Waals surface area contributed by atoms with Gasteiger partial charge in [0.15, 0.2) is 0 Å². The van der Waals surface area contributed by atoms with Gasteiger partial charge in [-0.15, -0.1) is 0 Å². The number of nitrogens with one attached hydrogen (secondary N) is 1. The van der Waals surface area contributed by atoms with Crippen LogP contribution in [-0.4, -0.2) is 18.9 Å². The highest BCUT2D eigenvalue weighted by Crippen LogP contribution is 2.25. The molecule has 0 radical (unpaired) electrons. The summed E-state index contributed by atoms with van der Waals surface area (Å²) in [6, 6.07) is 13.3. The van der Waals surface area contributed by atoms with E-state index in [-0.39, 0.29) is 15.5 Å². The Hall–Kier alpha value is -2.28. The number of carbonyl (C=O) groups excluding carboxylic acids is 1. The van der Waals surface area contributed by atoms with Crippen LogP contribution in [0.25, 0.3) is 5.69 Å². The Balaban J connectivity index is 1.99. The van der Waals surface area contributed by atoms with Crippen LogP contribution in [0.4, 0.5) is 0 Å². The molecule has 0 fully saturated rings. The molecule has 2 aromatic carbocycles. The molecule has 0 aliphatic heterocycles. The molecule has 5 nitrogen and oxygen atoms in total. The fourth-order valence-corrected chi connectivity index (χ4v) is 4.68. The summed E-state index contributed by atoms with van der Waals surface area (Å²) < 4.78 is 29.4. The molecule has 0 saturated carbocycles. The van der Waals surface area contributed by atoms with Crippen molar-refractivity contribution in [2.75, 3.05) is 0 Å². The van der Waals surface area contributed by atoms with Crippen molar-refractivity contribution < 1.29 is 13.2 Å². The van der Waals surface area contributed by atoms with Crippen LogP contribution in [0.5, 0.6) is 0 Å². The Kier molecular flexibility index (Phi) is 5.57.